The first-order valence-corrected chi connectivity index (χ1v) is 4.09. The number of fused-ring (bicyclic) bond motifs is 1. The average molecular weight is 157 g/mol. The minimum atomic E-state index is 0.885. The Morgan fingerprint density at radius 1 is 1.17 bits per heavy atom. The second kappa shape index (κ2) is 2.86. The topological polar surface area (TPSA) is 26.0 Å². The molecule has 0 fully saturated rings. The Balaban J connectivity index is 2.62. The third-order valence-corrected chi connectivity index (χ3v) is 2.04. The predicted octanol–water partition coefficient (Wildman–Crippen LogP) is 2.40. The molecule has 0 saturated heterocycles. The fourth-order valence-corrected chi connectivity index (χ4v) is 1.41. The lowest BCUT2D eigenvalue weighted by atomic mass is 10.1. The summed E-state index contributed by atoms with van der Waals surface area (Å²) in [6.07, 6.45) is 7.22. The Morgan fingerprint density at radius 2 is 2.00 bits per heavy atom. The van der Waals surface area contributed by atoms with E-state index < -0.39 is 0 Å². The molecule has 1 heteroatoms. The molecule has 60 valence electrons. The Hall–Kier alpha value is -1.50. The molecule has 0 atom stereocenters. The zero-order valence-electron chi connectivity index (χ0n) is 6.83. The molecule has 0 amide bonds. The van der Waals surface area contributed by atoms with Crippen molar-refractivity contribution < 1.29 is 0 Å². The number of benzene rings is 1. The van der Waals surface area contributed by atoms with Gasteiger partial charge in [-0.05, 0) is 12.0 Å². The highest BCUT2D eigenvalue weighted by molar-refractivity contribution is 5.74. The van der Waals surface area contributed by atoms with Crippen molar-refractivity contribution in [3.63, 3.8) is 0 Å². The molecule has 0 bridgehead atoms. The Kier molecular flexibility index (Phi) is 1.71. The first kappa shape index (κ1) is 7.17. The van der Waals surface area contributed by atoms with Crippen molar-refractivity contribution in [1.29, 1.82) is 0 Å². The quantitative estimate of drug-likeness (QED) is 0.615. The largest absolute Gasteiger partial charge is 0.398 e. The third kappa shape index (κ3) is 1.14. The molecule has 0 aromatic heterocycles. The normalized spacial score (nSPS) is 14.8. The van der Waals surface area contributed by atoms with Crippen LogP contribution in [0.1, 0.15) is 17.5 Å². The molecule has 0 heterocycles. The highest BCUT2D eigenvalue weighted by atomic mass is 14.6. The SMILES string of the molecule is NC1=CCC=Cc2ccccc21. The van der Waals surface area contributed by atoms with Crippen molar-refractivity contribution in [3.05, 3.63) is 47.5 Å². The van der Waals surface area contributed by atoms with Crippen LogP contribution in [0.25, 0.3) is 11.8 Å². The molecule has 0 radical (unpaired) electrons. The summed E-state index contributed by atoms with van der Waals surface area (Å²) < 4.78 is 0. The maximum absolute atomic E-state index is 5.87. The molecular formula is C11H11N. The van der Waals surface area contributed by atoms with Crippen LogP contribution in [0, 0.1) is 0 Å². The number of rotatable bonds is 0. The third-order valence-electron chi connectivity index (χ3n) is 2.04. The van der Waals surface area contributed by atoms with Crippen molar-refractivity contribution in [1.82, 2.24) is 0 Å². The molecular weight excluding hydrogens is 146 g/mol. The van der Waals surface area contributed by atoms with Gasteiger partial charge in [0.15, 0.2) is 0 Å². The van der Waals surface area contributed by atoms with Crippen molar-refractivity contribution >= 4 is 11.8 Å². The van der Waals surface area contributed by atoms with Gasteiger partial charge in [-0.15, -0.1) is 0 Å². The second-order valence-corrected chi connectivity index (χ2v) is 2.88. The summed E-state index contributed by atoms with van der Waals surface area (Å²) in [5, 5.41) is 0. The highest BCUT2D eigenvalue weighted by Gasteiger charge is 2.02. The Bertz CT molecular complexity index is 348. The lowest BCUT2D eigenvalue weighted by Crippen LogP contribution is -1.96. The lowest BCUT2D eigenvalue weighted by molar-refractivity contribution is 1.39. The molecule has 2 N–H and O–H groups in total. The fourth-order valence-electron chi connectivity index (χ4n) is 1.41. The van der Waals surface area contributed by atoms with Gasteiger partial charge < -0.3 is 5.73 Å². The molecule has 0 unspecified atom stereocenters. The summed E-state index contributed by atoms with van der Waals surface area (Å²) in [5.74, 6) is 0. The van der Waals surface area contributed by atoms with Gasteiger partial charge in [-0.3, -0.25) is 0 Å². The molecule has 1 nitrogen and oxygen atoms in total. The van der Waals surface area contributed by atoms with E-state index in [0.29, 0.717) is 0 Å². The molecule has 12 heavy (non-hydrogen) atoms. The van der Waals surface area contributed by atoms with Crippen LogP contribution in [0.5, 0.6) is 0 Å². The second-order valence-electron chi connectivity index (χ2n) is 2.88. The lowest BCUT2D eigenvalue weighted by Gasteiger charge is -2.03. The van der Waals surface area contributed by atoms with Gasteiger partial charge in [0.05, 0.1) is 0 Å². The summed E-state index contributed by atoms with van der Waals surface area (Å²) in [7, 11) is 0. The van der Waals surface area contributed by atoms with Crippen LogP contribution in [0.2, 0.25) is 0 Å². The van der Waals surface area contributed by atoms with Gasteiger partial charge >= 0.3 is 0 Å². The zero-order valence-corrected chi connectivity index (χ0v) is 6.83. The molecule has 0 aliphatic heterocycles. The van der Waals surface area contributed by atoms with Gasteiger partial charge in [-0.2, -0.15) is 0 Å². The first-order valence-electron chi connectivity index (χ1n) is 4.09. The summed E-state index contributed by atoms with van der Waals surface area (Å²) >= 11 is 0. The van der Waals surface area contributed by atoms with Crippen LogP contribution in [0.15, 0.2) is 36.4 Å². The monoisotopic (exact) mass is 157 g/mol. The maximum atomic E-state index is 5.87. The van der Waals surface area contributed by atoms with E-state index in [9.17, 15) is 0 Å². The summed E-state index contributed by atoms with van der Waals surface area (Å²) in [6, 6.07) is 8.18. The van der Waals surface area contributed by atoms with Gasteiger partial charge in [0.25, 0.3) is 0 Å². The van der Waals surface area contributed by atoms with E-state index in [0.717, 1.165) is 17.7 Å². The molecule has 2 rings (SSSR count). The van der Waals surface area contributed by atoms with Crippen LogP contribution in [-0.2, 0) is 0 Å². The van der Waals surface area contributed by atoms with Crippen LogP contribution >= 0.6 is 0 Å². The van der Waals surface area contributed by atoms with E-state index in [4.69, 9.17) is 5.73 Å². The number of nitrogens with two attached hydrogens (primary N) is 1. The van der Waals surface area contributed by atoms with Crippen molar-refractivity contribution in [2.24, 2.45) is 5.73 Å². The Morgan fingerprint density at radius 3 is 2.92 bits per heavy atom. The molecule has 0 saturated carbocycles. The van der Waals surface area contributed by atoms with Gasteiger partial charge in [-0.25, -0.2) is 0 Å². The highest BCUT2D eigenvalue weighted by Crippen LogP contribution is 2.20. The van der Waals surface area contributed by atoms with Crippen LogP contribution in [0.4, 0.5) is 0 Å². The van der Waals surface area contributed by atoms with E-state index >= 15 is 0 Å². The first-order chi connectivity index (χ1) is 5.88. The van der Waals surface area contributed by atoms with Crippen molar-refractivity contribution in [2.75, 3.05) is 0 Å². The molecule has 1 aromatic rings. The Labute approximate surface area is 72.2 Å². The molecule has 0 spiro atoms. The molecule has 1 aliphatic rings. The van der Waals surface area contributed by atoms with E-state index in [1.165, 1.54) is 5.56 Å². The van der Waals surface area contributed by atoms with Crippen LogP contribution in [-0.4, -0.2) is 0 Å². The van der Waals surface area contributed by atoms with Gasteiger partial charge in [0, 0.05) is 11.3 Å². The van der Waals surface area contributed by atoms with Crippen LogP contribution < -0.4 is 5.73 Å². The molecule has 1 aliphatic carbocycles. The van der Waals surface area contributed by atoms with Gasteiger partial charge in [0.1, 0.15) is 0 Å². The summed E-state index contributed by atoms with van der Waals surface area (Å²) in [4.78, 5) is 0. The van der Waals surface area contributed by atoms with E-state index in [-0.39, 0.29) is 0 Å². The number of allylic oxidation sites excluding steroid dienone is 2. The maximum Gasteiger partial charge on any atom is 0.0356 e. The van der Waals surface area contributed by atoms with E-state index in [2.05, 4.69) is 24.3 Å². The van der Waals surface area contributed by atoms with E-state index in [1.807, 2.05) is 18.2 Å². The molecule has 1 aromatic carbocycles. The number of hydrogen-bond donors (Lipinski definition) is 1. The van der Waals surface area contributed by atoms with Gasteiger partial charge in [-0.1, -0.05) is 42.5 Å². The van der Waals surface area contributed by atoms with Crippen LogP contribution in [0.3, 0.4) is 0 Å². The summed E-state index contributed by atoms with van der Waals surface area (Å²) in [6.45, 7) is 0. The van der Waals surface area contributed by atoms with E-state index in [1.54, 1.807) is 0 Å². The number of hydrogen-bond acceptors (Lipinski definition) is 1. The average Bonchev–Trinajstić information content (AvgIpc) is 2.29. The standard InChI is InChI=1S/C11H11N/c12-11-8-4-2-6-9-5-1-3-7-10(9)11/h1-3,5-8H,4,12H2. The fraction of sp³-hybridized carbons (Fsp3) is 0.0909. The van der Waals surface area contributed by atoms with Gasteiger partial charge in [0.2, 0.25) is 0 Å². The summed E-state index contributed by atoms with van der Waals surface area (Å²) in [5.41, 5.74) is 9.11. The minimum Gasteiger partial charge on any atom is -0.398 e. The smallest absolute Gasteiger partial charge is 0.0356 e. The minimum absolute atomic E-state index is 0.885. The predicted molar refractivity (Wildman–Crippen MR) is 52.3 cm³/mol. The van der Waals surface area contributed by atoms with Crippen molar-refractivity contribution in [3.8, 4) is 0 Å². The van der Waals surface area contributed by atoms with Crippen molar-refractivity contribution in [2.45, 2.75) is 6.42 Å². The zero-order chi connectivity index (χ0) is 8.39.